The van der Waals surface area contributed by atoms with Gasteiger partial charge in [0, 0.05) is 44.2 Å². The predicted molar refractivity (Wildman–Crippen MR) is 177 cm³/mol. The summed E-state index contributed by atoms with van der Waals surface area (Å²) in [4.78, 5) is 30.8. The van der Waals surface area contributed by atoms with Crippen molar-refractivity contribution in [3.63, 3.8) is 0 Å². The van der Waals surface area contributed by atoms with E-state index in [9.17, 15) is 9.59 Å². The predicted octanol–water partition coefficient (Wildman–Crippen LogP) is 7.67. The normalized spacial score (nSPS) is 15.7. The Morgan fingerprint density at radius 1 is 0.930 bits per heavy atom. The summed E-state index contributed by atoms with van der Waals surface area (Å²) in [5.41, 5.74) is 1.50. The van der Waals surface area contributed by atoms with Gasteiger partial charge in [-0.3, -0.25) is 19.1 Å². The molecule has 2 heterocycles. The monoisotopic (exact) mass is 629 g/mol. The maximum atomic E-state index is 13.1. The fraction of sp³-hybridized carbons (Fsp3) is 0.529. The standard InChI is InChI=1S/C34H45Cl2N3O4/c1-23(2)21-25(5)34(41)43-33(24(3)4)39-30-22-27(13-11-26(30)12-14-31(39)40)42-20-7-6-15-37-16-18-38(19-17-37)29-10-8-9-28(35)32(29)36/h8-14,22-25,33H,6-7,15-21H2,1-5H3. The van der Waals surface area contributed by atoms with Gasteiger partial charge in [0.05, 0.1) is 33.8 Å². The first-order valence-corrected chi connectivity index (χ1v) is 16.2. The lowest BCUT2D eigenvalue weighted by atomic mass is 9.99. The number of carbonyl (C=O) groups is 1. The molecular weight excluding hydrogens is 585 g/mol. The average molecular weight is 631 g/mol. The first-order valence-electron chi connectivity index (χ1n) is 15.4. The number of benzene rings is 2. The Labute approximate surface area is 265 Å². The molecule has 0 amide bonds. The lowest BCUT2D eigenvalue weighted by Gasteiger charge is -2.36. The van der Waals surface area contributed by atoms with Gasteiger partial charge in [-0.15, -0.1) is 0 Å². The average Bonchev–Trinajstić information content (AvgIpc) is 2.97. The summed E-state index contributed by atoms with van der Waals surface area (Å²) in [5.74, 6) is 0.465. The minimum atomic E-state index is -0.705. The van der Waals surface area contributed by atoms with Crippen LogP contribution in [0.1, 0.15) is 60.1 Å². The lowest BCUT2D eigenvalue weighted by Crippen LogP contribution is -2.46. The number of rotatable bonds is 13. The molecule has 2 atom stereocenters. The Kier molecular flexibility index (Phi) is 11.8. The highest BCUT2D eigenvalue weighted by Gasteiger charge is 2.26. The van der Waals surface area contributed by atoms with E-state index >= 15 is 0 Å². The van der Waals surface area contributed by atoms with Crippen LogP contribution in [0, 0.1) is 17.8 Å². The molecular formula is C34H45Cl2N3O4. The van der Waals surface area contributed by atoms with Crippen LogP contribution in [0.4, 0.5) is 5.69 Å². The van der Waals surface area contributed by atoms with Crippen molar-refractivity contribution in [2.75, 3.05) is 44.2 Å². The summed E-state index contributed by atoms with van der Waals surface area (Å²) in [6.07, 6.45) is 1.97. The van der Waals surface area contributed by atoms with E-state index in [0.29, 0.717) is 33.8 Å². The first-order chi connectivity index (χ1) is 20.5. The van der Waals surface area contributed by atoms with Gasteiger partial charge in [0.25, 0.3) is 5.56 Å². The number of pyridine rings is 1. The van der Waals surface area contributed by atoms with Gasteiger partial charge in [-0.05, 0) is 67.4 Å². The highest BCUT2D eigenvalue weighted by molar-refractivity contribution is 6.43. The number of hydrogen-bond donors (Lipinski definition) is 0. The zero-order chi connectivity index (χ0) is 31.1. The Balaban J connectivity index is 1.32. The van der Waals surface area contributed by atoms with Crippen molar-refractivity contribution in [1.82, 2.24) is 9.47 Å². The van der Waals surface area contributed by atoms with E-state index < -0.39 is 6.23 Å². The largest absolute Gasteiger partial charge is 0.494 e. The molecule has 0 aliphatic carbocycles. The molecule has 0 bridgehead atoms. The van der Waals surface area contributed by atoms with Crippen LogP contribution >= 0.6 is 23.2 Å². The number of ether oxygens (including phenoxy) is 2. The molecule has 9 heteroatoms. The van der Waals surface area contributed by atoms with E-state index in [1.54, 1.807) is 10.6 Å². The number of piperazine rings is 1. The van der Waals surface area contributed by atoms with Crippen LogP contribution in [0.3, 0.4) is 0 Å². The van der Waals surface area contributed by atoms with Crippen molar-refractivity contribution < 1.29 is 14.3 Å². The highest BCUT2D eigenvalue weighted by atomic mass is 35.5. The van der Waals surface area contributed by atoms with Gasteiger partial charge >= 0.3 is 5.97 Å². The van der Waals surface area contributed by atoms with Gasteiger partial charge in [0.2, 0.25) is 0 Å². The maximum Gasteiger partial charge on any atom is 0.310 e. The zero-order valence-corrected chi connectivity index (χ0v) is 27.5. The van der Waals surface area contributed by atoms with Crippen LogP contribution in [0.5, 0.6) is 5.75 Å². The molecule has 0 N–H and O–H groups in total. The summed E-state index contributed by atoms with van der Waals surface area (Å²) < 4.78 is 13.7. The van der Waals surface area contributed by atoms with E-state index in [4.69, 9.17) is 32.7 Å². The first kappa shape index (κ1) is 33.2. The Bertz CT molecular complexity index is 1430. The summed E-state index contributed by atoms with van der Waals surface area (Å²) in [7, 11) is 0. The third kappa shape index (κ3) is 8.68. The number of halogens is 2. The Morgan fingerprint density at radius 2 is 1.65 bits per heavy atom. The number of unbranched alkanes of at least 4 members (excludes halogenated alkanes) is 1. The number of carbonyl (C=O) groups excluding carboxylic acids is 1. The van der Waals surface area contributed by atoms with Crippen molar-refractivity contribution in [1.29, 1.82) is 0 Å². The zero-order valence-electron chi connectivity index (χ0n) is 26.0. The molecule has 3 aromatic rings. The molecule has 1 aliphatic heterocycles. The topological polar surface area (TPSA) is 64.0 Å². The molecule has 0 spiro atoms. The minimum Gasteiger partial charge on any atom is -0.494 e. The van der Waals surface area contributed by atoms with E-state index in [1.165, 1.54) is 6.07 Å². The summed E-state index contributed by atoms with van der Waals surface area (Å²) in [6, 6.07) is 14.9. The van der Waals surface area contributed by atoms with Crippen LogP contribution in [-0.2, 0) is 9.53 Å². The quantitative estimate of drug-likeness (QED) is 0.143. The van der Waals surface area contributed by atoms with Crippen LogP contribution in [0.25, 0.3) is 10.9 Å². The maximum absolute atomic E-state index is 13.1. The van der Waals surface area contributed by atoms with Crippen molar-refractivity contribution in [2.45, 2.75) is 60.1 Å². The van der Waals surface area contributed by atoms with Gasteiger partial charge in [0.15, 0.2) is 6.23 Å². The third-order valence-corrected chi connectivity index (χ3v) is 8.78. The van der Waals surface area contributed by atoms with Crippen molar-refractivity contribution in [2.24, 2.45) is 17.8 Å². The summed E-state index contributed by atoms with van der Waals surface area (Å²) in [5, 5.41) is 2.10. The number of anilines is 1. The summed E-state index contributed by atoms with van der Waals surface area (Å²) in [6.45, 7) is 15.3. The second kappa shape index (κ2) is 15.3. The second-order valence-electron chi connectivity index (χ2n) is 12.3. The van der Waals surface area contributed by atoms with Gasteiger partial charge in [-0.2, -0.15) is 0 Å². The molecule has 2 aromatic carbocycles. The molecule has 43 heavy (non-hydrogen) atoms. The molecule has 1 saturated heterocycles. The molecule has 234 valence electrons. The molecule has 2 unspecified atom stereocenters. The molecule has 7 nitrogen and oxygen atoms in total. The van der Waals surface area contributed by atoms with E-state index in [-0.39, 0.29) is 23.4 Å². The van der Waals surface area contributed by atoms with E-state index in [0.717, 1.165) is 63.1 Å². The van der Waals surface area contributed by atoms with Crippen LogP contribution < -0.4 is 15.2 Å². The van der Waals surface area contributed by atoms with Crippen molar-refractivity contribution in [3.05, 3.63) is 68.9 Å². The molecule has 0 saturated carbocycles. The van der Waals surface area contributed by atoms with E-state index in [1.807, 2.05) is 57.2 Å². The van der Waals surface area contributed by atoms with E-state index in [2.05, 4.69) is 23.6 Å². The SMILES string of the molecule is CC(C)CC(C)C(=O)OC(C(C)C)n1c(=O)ccc2ccc(OCCCCN3CCN(c4cccc(Cl)c4Cl)CC3)cc21. The number of fused-ring (bicyclic) bond motifs is 1. The molecule has 1 aromatic heterocycles. The lowest BCUT2D eigenvalue weighted by molar-refractivity contribution is -0.162. The second-order valence-corrected chi connectivity index (χ2v) is 13.1. The van der Waals surface area contributed by atoms with Crippen molar-refractivity contribution >= 4 is 45.8 Å². The molecule has 1 fully saturated rings. The molecule has 1 aliphatic rings. The third-order valence-electron chi connectivity index (χ3n) is 7.97. The van der Waals surface area contributed by atoms with Gasteiger partial charge in [-0.25, -0.2) is 0 Å². The fourth-order valence-electron chi connectivity index (χ4n) is 5.69. The Hall–Kier alpha value is -2.74. The minimum absolute atomic E-state index is 0.0904. The van der Waals surface area contributed by atoms with Crippen molar-refractivity contribution in [3.8, 4) is 5.75 Å². The number of hydrogen-bond acceptors (Lipinski definition) is 6. The molecule has 0 radical (unpaired) electrons. The van der Waals surface area contributed by atoms with Gasteiger partial charge in [0.1, 0.15) is 5.75 Å². The number of aromatic nitrogens is 1. The highest BCUT2D eigenvalue weighted by Crippen LogP contribution is 2.33. The smallest absolute Gasteiger partial charge is 0.310 e. The van der Waals surface area contributed by atoms with Gasteiger partial charge in [-0.1, -0.05) is 63.9 Å². The Morgan fingerprint density at radius 3 is 2.35 bits per heavy atom. The van der Waals surface area contributed by atoms with Gasteiger partial charge < -0.3 is 14.4 Å². The molecule has 4 rings (SSSR count). The summed E-state index contributed by atoms with van der Waals surface area (Å²) >= 11 is 12.6. The fourth-order valence-corrected chi connectivity index (χ4v) is 6.10. The number of esters is 1. The van der Waals surface area contributed by atoms with Crippen LogP contribution in [-0.4, -0.2) is 54.8 Å². The number of nitrogens with zero attached hydrogens (tertiary/aromatic N) is 3. The van der Waals surface area contributed by atoms with Crippen LogP contribution in [0.15, 0.2) is 53.3 Å². The van der Waals surface area contributed by atoms with Crippen LogP contribution in [0.2, 0.25) is 10.0 Å².